The quantitative estimate of drug-likeness (QED) is 0.861. The van der Waals surface area contributed by atoms with Crippen LogP contribution >= 0.6 is 0 Å². The lowest BCUT2D eigenvalue weighted by molar-refractivity contribution is 0.228. The predicted octanol–water partition coefficient (Wildman–Crippen LogP) is 3.91. The van der Waals surface area contributed by atoms with Crippen LogP contribution in [0.25, 0.3) is 0 Å². The Morgan fingerprint density at radius 3 is 2.69 bits per heavy atom. The molecule has 2 N–H and O–H groups in total. The van der Waals surface area contributed by atoms with Gasteiger partial charge in [0.25, 0.3) is 0 Å². The second-order valence-corrected chi connectivity index (χ2v) is 8.30. The Morgan fingerprint density at radius 1 is 1.15 bits per heavy atom. The molecule has 0 saturated heterocycles. The molecule has 1 aromatic carbocycles. The van der Waals surface area contributed by atoms with Gasteiger partial charge < -0.3 is 10.6 Å². The number of hydrogen-bond acceptors (Lipinski definition) is 2. The first-order chi connectivity index (χ1) is 12.5. The van der Waals surface area contributed by atoms with E-state index in [9.17, 15) is 4.79 Å². The lowest BCUT2D eigenvalue weighted by atomic mass is 9.71. The summed E-state index contributed by atoms with van der Waals surface area (Å²) in [5.74, 6) is 0. The van der Waals surface area contributed by atoms with E-state index in [2.05, 4.69) is 53.8 Å². The van der Waals surface area contributed by atoms with Crippen LogP contribution in [0.4, 0.5) is 4.79 Å². The van der Waals surface area contributed by atoms with Crippen molar-refractivity contribution in [2.75, 3.05) is 0 Å². The third-order valence-electron chi connectivity index (χ3n) is 6.11. The summed E-state index contributed by atoms with van der Waals surface area (Å²) in [7, 11) is 1.97. The van der Waals surface area contributed by atoms with Gasteiger partial charge in [-0.3, -0.25) is 4.68 Å². The average molecular weight is 352 g/mol. The highest BCUT2D eigenvalue weighted by Gasteiger charge is 2.33. The van der Waals surface area contributed by atoms with Crippen LogP contribution in [-0.2, 0) is 18.9 Å². The van der Waals surface area contributed by atoms with Gasteiger partial charge in [0.1, 0.15) is 0 Å². The van der Waals surface area contributed by atoms with Gasteiger partial charge in [0.15, 0.2) is 0 Å². The lowest BCUT2D eigenvalue weighted by Crippen LogP contribution is -2.43. The molecule has 2 unspecified atom stereocenters. The third-order valence-corrected chi connectivity index (χ3v) is 6.11. The van der Waals surface area contributed by atoms with Crippen LogP contribution in [0.3, 0.4) is 0 Å². The molecular weight excluding hydrogens is 324 g/mol. The van der Waals surface area contributed by atoms with E-state index in [-0.39, 0.29) is 23.5 Å². The number of rotatable bonds is 2. The number of fused-ring (bicyclic) bond motifs is 2. The Kier molecular flexibility index (Phi) is 4.25. The highest BCUT2D eigenvalue weighted by Crippen LogP contribution is 2.41. The molecule has 2 aromatic rings. The molecule has 0 fully saturated rings. The van der Waals surface area contributed by atoms with E-state index in [4.69, 9.17) is 0 Å². The molecule has 0 saturated carbocycles. The van der Waals surface area contributed by atoms with E-state index < -0.39 is 0 Å². The smallest absolute Gasteiger partial charge is 0.315 e. The molecule has 138 valence electrons. The predicted molar refractivity (Wildman–Crippen MR) is 102 cm³/mol. The summed E-state index contributed by atoms with van der Waals surface area (Å²) in [6, 6.07) is 8.57. The van der Waals surface area contributed by atoms with Crippen molar-refractivity contribution in [3.05, 3.63) is 52.8 Å². The Morgan fingerprint density at radius 2 is 1.88 bits per heavy atom. The lowest BCUT2D eigenvalue weighted by Gasteiger charge is -2.37. The molecule has 0 spiro atoms. The maximum Gasteiger partial charge on any atom is 0.315 e. The Labute approximate surface area is 155 Å². The van der Waals surface area contributed by atoms with Crippen LogP contribution in [0, 0.1) is 0 Å². The van der Waals surface area contributed by atoms with Crippen molar-refractivity contribution < 1.29 is 4.79 Å². The third kappa shape index (κ3) is 3.00. The second kappa shape index (κ2) is 6.45. The fourth-order valence-electron chi connectivity index (χ4n) is 4.58. The number of nitrogens with zero attached hydrogens (tertiary/aromatic N) is 2. The molecule has 1 heterocycles. The average Bonchev–Trinajstić information content (AvgIpc) is 3.00. The molecule has 26 heavy (non-hydrogen) atoms. The number of nitrogens with one attached hydrogen (secondary N) is 2. The van der Waals surface area contributed by atoms with Crippen LogP contribution in [-0.4, -0.2) is 15.8 Å². The topological polar surface area (TPSA) is 59.0 Å². The van der Waals surface area contributed by atoms with Gasteiger partial charge in [-0.1, -0.05) is 38.1 Å². The SMILES string of the molecule is Cn1ncc2c1CCCC2NC(=O)NC1CCC(C)(C)c2ccccc21. The van der Waals surface area contributed by atoms with Crippen LogP contribution in [0.15, 0.2) is 30.5 Å². The number of amides is 2. The van der Waals surface area contributed by atoms with Crippen LogP contribution < -0.4 is 10.6 Å². The number of aromatic nitrogens is 2. The van der Waals surface area contributed by atoms with Crippen LogP contribution in [0.5, 0.6) is 0 Å². The van der Waals surface area contributed by atoms with Crippen LogP contribution in [0.1, 0.15) is 74.0 Å². The van der Waals surface area contributed by atoms with Crippen molar-refractivity contribution in [1.82, 2.24) is 20.4 Å². The van der Waals surface area contributed by atoms with Crippen molar-refractivity contribution in [1.29, 1.82) is 0 Å². The van der Waals surface area contributed by atoms with E-state index in [0.717, 1.165) is 32.1 Å². The highest BCUT2D eigenvalue weighted by atomic mass is 16.2. The largest absolute Gasteiger partial charge is 0.331 e. The fraction of sp³-hybridized carbons (Fsp3) is 0.524. The molecule has 0 radical (unpaired) electrons. The number of aryl methyl sites for hydroxylation is 1. The summed E-state index contributed by atoms with van der Waals surface area (Å²) in [6.07, 6.45) is 7.04. The first kappa shape index (κ1) is 17.1. The van der Waals surface area contributed by atoms with Crippen molar-refractivity contribution in [2.45, 2.75) is 63.5 Å². The highest BCUT2D eigenvalue weighted by molar-refractivity contribution is 5.75. The van der Waals surface area contributed by atoms with Gasteiger partial charge in [0.05, 0.1) is 18.3 Å². The van der Waals surface area contributed by atoms with Gasteiger partial charge in [-0.05, 0) is 48.6 Å². The molecule has 0 aliphatic heterocycles. The number of carbonyl (C=O) groups excluding carboxylic acids is 1. The molecule has 2 aliphatic carbocycles. The number of benzene rings is 1. The van der Waals surface area contributed by atoms with E-state index in [1.165, 1.54) is 22.4 Å². The normalized spacial score (nSPS) is 23.7. The minimum atomic E-state index is -0.0776. The van der Waals surface area contributed by atoms with E-state index in [0.29, 0.717) is 0 Å². The second-order valence-electron chi connectivity index (χ2n) is 8.30. The molecule has 2 aliphatic rings. The molecular formula is C21H28N4O. The van der Waals surface area contributed by atoms with E-state index in [1.807, 2.05) is 17.9 Å². The van der Waals surface area contributed by atoms with Gasteiger partial charge >= 0.3 is 6.03 Å². The minimum Gasteiger partial charge on any atom is -0.331 e. The Bertz CT molecular complexity index is 823. The maximum absolute atomic E-state index is 12.7. The first-order valence-corrected chi connectivity index (χ1v) is 9.63. The Balaban J connectivity index is 1.48. The number of urea groups is 1. The molecule has 4 rings (SSSR count). The van der Waals surface area contributed by atoms with Crippen molar-refractivity contribution >= 4 is 6.03 Å². The molecule has 5 heteroatoms. The summed E-state index contributed by atoms with van der Waals surface area (Å²) < 4.78 is 1.93. The van der Waals surface area contributed by atoms with E-state index in [1.54, 1.807) is 0 Å². The van der Waals surface area contributed by atoms with Crippen LogP contribution in [0.2, 0.25) is 0 Å². The molecule has 2 atom stereocenters. The van der Waals surface area contributed by atoms with E-state index >= 15 is 0 Å². The molecule has 0 bridgehead atoms. The van der Waals surface area contributed by atoms with Crippen molar-refractivity contribution in [2.24, 2.45) is 7.05 Å². The van der Waals surface area contributed by atoms with Gasteiger partial charge in [0.2, 0.25) is 0 Å². The zero-order chi connectivity index (χ0) is 18.3. The molecule has 1 aromatic heterocycles. The Hall–Kier alpha value is -2.30. The van der Waals surface area contributed by atoms with Gasteiger partial charge in [-0.25, -0.2) is 4.79 Å². The molecule has 2 amide bonds. The zero-order valence-corrected chi connectivity index (χ0v) is 15.9. The first-order valence-electron chi connectivity index (χ1n) is 9.63. The fourth-order valence-corrected chi connectivity index (χ4v) is 4.58. The summed E-state index contributed by atoms with van der Waals surface area (Å²) in [6.45, 7) is 4.57. The minimum absolute atomic E-state index is 0.0581. The van der Waals surface area contributed by atoms with Crippen molar-refractivity contribution in [3.8, 4) is 0 Å². The summed E-state index contributed by atoms with van der Waals surface area (Å²) in [5.41, 5.74) is 5.18. The monoisotopic (exact) mass is 352 g/mol. The number of hydrogen-bond donors (Lipinski definition) is 2. The summed E-state index contributed by atoms with van der Waals surface area (Å²) in [5, 5.41) is 10.8. The molecule has 5 nitrogen and oxygen atoms in total. The summed E-state index contributed by atoms with van der Waals surface area (Å²) in [4.78, 5) is 12.7. The van der Waals surface area contributed by atoms with Crippen molar-refractivity contribution in [3.63, 3.8) is 0 Å². The zero-order valence-electron chi connectivity index (χ0n) is 15.9. The maximum atomic E-state index is 12.7. The standard InChI is InChI=1S/C21H28N4O/c1-21(2)12-11-18(14-7-4-5-8-16(14)21)24-20(26)23-17-9-6-10-19-15(17)13-22-25(19)3/h4-5,7-8,13,17-18H,6,9-12H2,1-3H3,(H2,23,24,26). The van der Waals surface area contributed by atoms with Gasteiger partial charge in [-0.2, -0.15) is 5.10 Å². The van der Waals surface area contributed by atoms with Gasteiger partial charge in [0, 0.05) is 18.3 Å². The summed E-state index contributed by atoms with van der Waals surface area (Å²) >= 11 is 0. The number of carbonyl (C=O) groups is 1. The van der Waals surface area contributed by atoms with Gasteiger partial charge in [-0.15, -0.1) is 0 Å².